The van der Waals surface area contributed by atoms with Gasteiger partial charge < -0.3 is 9.72 Å². The van der Waals surface area contributed by atoms with Crippen LogP contribution in [0.4, 0.5) is 5.69 Å². The number of aromatic nitrogens is 2. The fraction of sp³-hybridized carbons (Fsp3) is 0.300. The summed E-state index contributed by atoms with van der Waals surface area (Å²) in [5, 5.41) is 3.06. The van der Waals surface area contributed by atoms with Crippen molar-refractivity contribution in [3.05, 3.63) is 63.5 Å². The molecule has 1 unspecified atom stereocenters. The number of nitrogens with one attached hydrogen (secondary N) is 1. The molecule has 1 aliphatic carbocycles. The van der Waals surface area contributed by atoms with Crippen molar-refractivity contribution in [3.8, 4) is 0 Å². The molecule has 1 aliphatic rings. The Labute approximate surface area is 155 Å². The summed E-state index contributed by atoms with van der Waals surface area (Å²) in [4.78, 5) is 17.5. The third kappa shape index (κ3) is 3.09. The van der Waals surface area contributed by atoms with Gasteiger partial charge in [-0.3, -0.25) is 4.79 Å². The summed E-state index contributed by atoms with van der Waals surface area (Å²) in [5.41, 5.74) is 6.48. The van der Waals surface area contributed by atoms with Crippen molar-refractivity contribution in [3.63, 3.8) is 0 Å². The Bertz CT molecular complexity index is 976. The number of aryl methyl sites for hydroxylation is 3. The second-order valence-electron chi connectivity index (χ2n) is 6.83. The number of fused-ring (bicyclic) bond motifs is 3. The lowest BCUT2D eigenvalue weighted by Crippen LogP contribution is -2.28. The van der Waals surface area contributed by atoms with Gasteiger partial charge in [-0.15, -0.1) is 0 Å². The summed E-state index contributed by atoms with van der Waals surface area (Å²) in [6, 6.07) is 10.1. The van der Waals surface area contributed by atoms with Gasteiger partial charge in [0.25, 0.3) is 0 Å². The average molecular weight is 398 g/mol. The standard InChI is InChI=1S/C20H20BrN3O/c1-12-7-8-24-18-10-14(4-6-17(18)23-19(24)9-12)20(25)22-15-5-3-13(2)16(21)11-15/h3,5,7-9,11,14H,4,6,10H2,1-2H3,(H,22,25). The van der Waals surface area contributed by atoms with Crippen LogP contribution in [0.15, 0.2) is 41.0 Å². The van der Waals surface area contributed by atoms with Gasteiger partial charge in [0.1, 0.15) is 5.65 Å². The zero-order valence-corrected chi connectivity index (χ0v) is 15.9. The van der Waals surface area contributed by atoms with Gasteiger partial charge in [-0.25, -0.2) is 4.98 Å². The molecule has 2 aromatic heterocycles. The van der Waals surface area contributed by atoms with Crippen molar-refractivity contribution in [2.24, 2.45) is 5.92 Å². The molecule has 0 fully saturated rings. The maximum atomic E-state index is 12.7. The Morgan fingerprint density at radius 3 is 2.92 bits per heavy atom. The number of carbonyl (C=O) groups is 1. The summed E-state index contributed by atoms with van der Waals surface area (Å²) in [7, 11) is 0. The summed E-state index contributed by atoms with van der Waals surface area (Å²) >= 11 is 3.52. The second-order valence-corrected chi connectivity index (χ2v) is 7.68. The van der Waals surface area contributed by atoms with Crippen molar-refractivity contribution in [2.75, 3.05) is 5.32 Å². The molecule has 1 N–H and O–H groups in total. The number of hydrogen-bond donors (Lipinski definition) is 1. The zero-order valence-electron chi connectivity index (χ0n) is 14.3. The van der Waals surface area contributed by atoms with E-state index in [-0.39, 0.29) is 11.8 Å². The van der Waals surface area contributed by atoms with E-state index in [1.807, 2.05) is 25.1 Å². The molecule has 25 heavy (non-hydrogen) atoms. The monoisotopic (exact) mass is 397 g/mol. The quantitative estimate of drug-likeness (QED) is 0.693. The SMILES string of the molecule is Cc1ccn2c3c(nc2c1)CCC(C(=O)Nc1ccc(C)c(Br)c1)C3. The van der Waals surface area contributed by atoms with Gasteiger partial charge >= 0.3 is 0 Å². The van der Waals surface area contributed by atoms with E-state index >= 15 is 0 Å². The van der Waals surface area contributed by atoms with Crippen LogP contribution in [0, 0.1) is 19.8 Å². The van der Waals surface area contributed by atoms with Crippen LogP contribution in [0.2, 0.25) is 0 Å². The highest BCUT2D eigenvalue weighted by atomic mass is 79.9. The normalized spacial score (nSPS) is 16.7. The van der Waals surface area contributed by atoms with E-state index in [0.717, 1.165) is 46.3 Å². The van der Waals surface area contributed by atoms with E-state index in [9.17, 15) is 4.79 Å². The zero-order chi connectivity index (χ0) is 17.6. The van der Waals surface area contributed by atoms with E-state index in [1.165, 1.54) is 11.3 Å². The average Bonchev–Trinajstić information content (AvgIpc) is 2.94. The van der Waals surface area contributed by atoms with Crippen molar-refractivity contribution < 1.29 is 4.79 Å². The summed E-state index contributed by atoms with van der Waals surface area (Å²) < 4.78 is 3.14. The van der Waals surface area contributed by atoms with Gasteiger partial charge in [0, 0.05) is 34.4 Å². The Kier molecular flexibility index (Phi) is 4.12. The van der Waals surface area contributed by atoms with Crippen molar-refractivity contribution in [2.45, 2.75) is 33.1 Å². The molecule has 3 aromatic rings. The fourth-order valence-corrected chi connectivity index (χ4v) is 3.83. The highest BCUT2D eigenvalue weighted by molar-refractivity contribution is 9.10. The third-order valence-corrected chi connectivity index (χ3v) is 5.80. The van der Waals surface area contributed by atoms with Crippen molar-refractivity contribution in [1.82, 2.24) is 9.38 Å². The molecule has 1 aromatic carbocycles. The highest BCUT2D eigenvalue weighted by Gasteiger charge is 2.28. The lowest BCUT2D eigenvalue weighted by molar-refractivity contribution is -0.120. The molecule has 1 amide bonds. The molecule has 0 saturated carbocycles. The molecule has 0 aliphatic heterocycles. The number of hydrogen-bond acceptors (Lipinski definition) is 2. The molecule has 1 atom stereocenters. The molecule has 0 radical (unpaired) electrons. The number of anilines is 1. The molecule has 5 heteroatoms. The lowest BCUT2D eigenvalue weighted by Gasteiger charge is -2.21. The van der Waals surface area contributed by atoms with Crippen molar-refractivity contribution in [1.29, 1.82) is 0 Å². The molecular formula is C20H20BrN3O. The van der Waals surface area contributed by atoms with Gasteiger partial charge in [-0.05, 0) is 62.1 Å². The first-order chi connectivity index (χ1) is 12.0. The van der Waals surface area contributed by atoms with Gasteiger partial charge in [0.2, 0.25) is 5.91 Å². The third-order valence-electron chi connectivity index (χ3n) is 4.94. The molecule has 128 valence electrons. The van der Waals surface area contributed by atoms with Crippen LogP contribution in [-0.2, 0) is 17.6 Å². The molecule has 0 saturated heterocycles. The van der Waals surface area contributed by atoms with Crippen LogP contribution in [0.3, 0.4) is 0 Å². The largest absolute Gasteiger partial charge is 0.326 e. The fourth-order valence-electron chi connectivity index (χ4n) is 3.45. The number of pyridine rings is 1. The highest BCUT2D eigenvalue weighted by Crippen LogP contribution is 2.28. The first-order valence-electron chi connectivity index (χ1n) is 8.55. The minimum atomic E-state index is -0.0196. The van der Waals surface area contributed by atoms with Crippen LogP contribution in [0.5, 0.6) is 0 Å². The Balaban J connectivity index is 1.56. The number of halogens is 1. The molecule has 2 heterocycles. The van der Waals surface area contributed by atoms with Crippen LogP contribution < -0.4 is 5.32 Å². The van der Waals surface area contributed by atoms with Crippen LogP contribution in [0.25, 0.3) is 5.65 Å². The molecule has 0 spiro atoms. The number of nitrogens with zero attached hydrogens (tertiary/aromatic N) is 2. The number of rotatable bonds is 2. The lowest BCUT2D eigenvalue weighted by atomic mass is 9.89. The first kappa shape index (κ1) is 16.3. The smallest absolute Gasteiger partial charge is 0.227 e. The molecule has 4 nitrogen and oxygen atoms in total. The second kappa shape index (κ2) is 6.30. The number of amides is 1. The van der Waals surface area contributed by atoms with Gasteiger partial charge in [0.15, 0.2) is 0 Å². The maximum absolute atomic E-state index is 12.7. The van der Waals surface area contributed by atoms with Gasteiger partial charge in [0.05, 0.1) is 5.69 Å². The minimum Gasteiger partial charge on any atom is -0.326 e. The predicted molar refractivity (Wildman–Crippen MR) is 103 cm³/mol. The molecular weight excluding hydrogens is 378 g/mol. The number of imidazole rings is 1. The van der Waals surface area contributed by atoms with Crippen LogP contribution >= 0.6 is 15.9 Å². The predicted octanol–water partition coefficient (Wildman–Crippen LogP) is 4.46. The Hall–Kier alpha value is -2.14. The summed E-state index contributed by atoms with van der Waals surface area (Å²) in [6.07, 6.45) is 4.49. The van der Waals surface area contributed by atoms with Crippen molar-refractivity contribution >= 4 is 33.2 Å². The number of carbonyl (C=O) groups excluding carboxylic acids is 1. The first-order valence-corrected chi connectivity index (χ1v) is 9.34. The summed E-state index contributed by atoms with van der Waals surface area (Å²) in [6.45, 7) is 4.11. The molecule has 0 bridgehead atoms. The van der Waals surface area contributed by atoms with Gasteiger partial charge in [-0.2, -0.15) is 0 Å². The molecule has 4 rings (SSSR count). The number of benzene rings is 1. The van der Waals surface area contributed by atoms with Crippen LogP contribution in [-0.4, -0.2) is 15.3 Å². The van der Waals surface area contributed by atoms with Gasteiger partial charge in [-0.1, -0.05) is 22.0 Å². The van der Waals surface area contributed by atoms with E-state index < -0.39 is 0 Å². The van der Waals surface area contributed by atoms with E-state index in [2.05, 4.69) is 50.9 Å². The minimum absolute atomic E-state index is 0.0196. The maximum Gasteiger partial charge on any atom is 0.227 e. The Morgan fingerprint density at radius 2 is 2.12 bits per heavy atom. The Morgan fingerprint density at radius 1 is 1.28 bits per heavy atom. The van der Waals surface area contributed by atoms with E-state index in [1.54, 1.807) is 0 Å². The van der Waals surface area contributed by atoms with E-state index in [4.69, 9.17) is 4.98 Å². The van der Waals surface area contributed by atoms with E-state index in [0.29, 0.717) is 0 Å². The topological polar surface area (TPSA) is 46.4 Å². The van der Waals surface area contributed by atoms with Crippen LogP contribution in [0.1, 0.15) is 28.9 Å². The summed E-state index contributed by atoms with van der Waals surface area (Å²) in [5.74, 6) is 0.0669.